The lowest BCUT2D eigenvalue weighted by molar-refractivity contribution is -0.165. The molecule has 0 aliphatic carbocycles. The van der Waals surface area contributed by atoms with Crippen LogP contribution in [0.15, 0.2) is 24.5 Å². The second-order valence-corrected chi connectivity index (χ2v) is 3.78. The van der Waals surface area contributed by atoms with Crippen molar-refractivity contribution in [3.8, 4) is 0 Å². The van der Waals surface area contributed by atoms with Crippen LogP contribution in [0.25, 0.3) is 0 Å². The highest BCUT2D eigenvalue weighted by Gasteiger charge is 2.34. The Kier molecular flexibility index (Phi) is 9.02. The van der Waals surface area contributed by atoms with E-state index in [1.807, 2.05) is 6.92 Å². The van der Waals surface area contributed by atoms with Crippen LogP contribution in [0.3, 0.4) is 0 Å². The second-order valence-electron chi connectivity index (χ2n) is 3.78. The van der Waals surface area contributed by atoms with E-state index < -0.39 is 37.0 Å². The molecule has 0 heterocycles. The molecule has 4 unspecified atom stereocenters. The van der Waals surface area contributed by atoms with Crippen molar-refractivity contribution in [2.75, 3.05) is 6.61 Å². The van der Waals surface area contributed by atoms with E-state index in [0.29, 0.717) is 0 Å². The average Bonchev–Trinajstić information content (AvgIpc) is 2.43. The predicted octanol–water partition coefficient (Wildman–Crippen LogP) is -1.55. The molecule has 0 spiro atoms. The van der Waals surface area contributed by atoms with Crippen molar-refractivity contribution in [3.05, 3.63) is 24.5 Å². The van der Waals surface area contributed by atoms with Crippen molar-refractivity contribution < 1.29 is 35.1 Å². The fraction of sp³-hybridized carbons (Fsp3) is 0.583. The molecule has 0 aromatic rings. The third kappa shape index (κ3) is 6.46. The van der Waals surface area contributed by atoms with Crippen molar-refractivity contribution in [3.63, 3.8) is 0 Å². The van der Waals surface area contributed by atoms with Gasteiger partial charge in [0.05, 0.1) is 12.9 Å². The summed E-state index contributed by atoms with van der Waals surface area (Å²) < 4.78 is 4.50. The van der Waals surface area contributed by atoms with Crippen molar-refractivity contribution in [2.45, 2.75) is 37.8 Å². The fourth-order valence-electron chi connectivity index (χ4n) is 1.10. The molecule has 0 bridgehead atoms. The monoisotopic (exact) mass is 276 g/mol. The smallest absolute Gasteiger partial charge is 0.342 e. The van der Waals surface area contributed by atoms with Gasteiger partial charge in [0.25, 0.3) is 0 Å². The summed E-state index contributed by atoms with van der Waals surface area (Å²) >= 11 is 0. The molecule has 7 nitrogen and oxygen atoms in total. The van der Waals surface area contributed by atoms with Gasteiger partial charge in [-0.25, -0.2) is 4.79 Å². The molecule has 4 atom stereocenters. The first-order valence-corrected chi connectivity index (χ1v) is 5.81. The number of hydrogen-bond donors (Lipinski definition) is 5. The number of aliphatic hydroxyl groups is 5. The summed E-state index contributed by atoms with van der Waals surface area (Å²) in [5.41, 5.74) is 0. The molecule has 0 fully saturated rings. The summed E-state index contributed by atoms with van der Waals surface area (Å²) in [5.74, 6) is -1.18. The quantitative estimate of drug-likeness (QED) is 0.206. The summed E-state index contributed by atoms with van der Waals surface area (Å²) in [7, 11) is 0. The Hall–Kier alpha value is -1.25. The summed E-state index contributed by atoms with van der Waals surface area (Å²) in [4.78, 5) is 11.3. The Bertz CT molecular complexity index is 313. The summed E-state index contributed by atoms with van der Waals surface area (Å²) in [6.07, 6.45) is -0.858. The van der Waals surface area contributed by atoms with Crippen LogP contribution in [-0.4, -0.2) is 62.5 Å². The number of allylic oxidation sites excluding steroid dienone is 3. The van der Waals surface area contributed by atoms with Gasteiger partial charge in [0.2, 0.25) is 0 Å². The Morgan fingerprint density at radius 2 is 1.79 bits per heavy atom. The highest BCUT2D eigenvalue weighted by molar-refractivity contribution is 5.75. The van der Waals surface area contributed by atoms with Gasteiger partial charge in [0.1, 0.15) is 18.3 Å². The van der Waals surface area contributed by atoms with Crippen LogP contribution in [0.2, 0.25) is 0 Å². The normalized spacial score (nSPS) is 18.4. The molecule has 5 N–H and O–H groups in total. The van der Waals surface area contributed by atoms with Gasteiger partial charge >= 0.3 is 5.97 Å². The van der Waals surface area contributed by atoms with Crippen molar-refractivity contribution in [1.82, 2.24) is 0 Å². The highest BCUT2D eigenvalue weighted by Crippen LogP contribution is 2.06. The van der Waals surface area contributed by atoms with Crippen LogP contribution in [0.1, 0.15) is 13.3 Å². The van der Waals surface area contributed by atoms with Crippen LogP contribution in [-0.2, 0) is 9.53 Å². The van der Waals surface area contributed by atoms with Crippen molar-refractivity contribution in [2.24, 2.45) is 0 Å². The summed E-state index contributed by atoms with van der Waals surface area (Å²) in [5, 5.41) is 45.7. The number of carbonyl (C=O) groups excluding carboxylic acids is 1. The lowest BCUT2D eigenvalue weighted by atomic mass is 10.0. The maximum Gasteiger partial charge on any atom is 0.342 e. The molecule has 19 heavy (non-hydrogen) atoms. The van der Waals surface area contributed by atoms with Crippen molar-refractivity contribution in [1.29, 1.82) is 0 Å². The summed E-state index contributed by atoms with van der Waals surface area (Å²) in [6.45, 7) is 1.10. The van der Waals surface area contributed by atoms with E-state index in [1.165, 1.54) is 6.08 Å². The molecule has 110 valence electrons. The molecule has 0 saturated heterocycles. The Morgan fingerprint density at radius 1 is 1.16 bits per heavy atom. The molecule has 0 aromatic carbocycles. The molecule has 0 radical (unpaired) electrons. The topological polar surface area (TPSA) is 127 Å². The van der Waals surface area contributed by atoms with Gasteiger partial charge in [0, 0.05) is 0 Å². The standard InChI is InChI=1S/C12H20O7/c1-2-3-4-5-6-19-12(18)11(17)10(16)9(15)8(14)7-13/h3-6,8-11,13-17H,2,7H2,1H3/b4-3+,6-5+. The zero-order valence-electron chi connectivity index (χ0n) is 10.6. The fourth-order valence-corrected chi connectivity index (χ4v) is 1.10. The number of rotatable bonds is 8. The second kappa shape index (κ2) is 9.65. The number of ether oxygens (including phenoxy) is 1. The molecule has 7 heteroatoms. The Labute approximate surface area is 111 Å². The van der Waals surface area contributed by atoms with E-state index in [2.05, 4.69) is 4.74 Å². The van der Waals surface area contributed by atoms with Gasteiger partial charge in [-0.2, -0.15) is 0 Å². The number of esters is 1. The first-order valence-electron chi connectivity index (χ1n) is 5.81. The van der Waals surface area contributed by atoms with Crippen LogP contribution < -0.4 is 0 Å². The average molecular weight is 276 g/mol. The molecule has 0 saturated carbocycles. The van der Waals surface area contributed by atoms with Crippen LogP contribution >= 0.6 is 0 Å². The van der Waals surface area contributed by atoms with E-state index in [-0.39, 0.29) is 0 Å². The number of carbonyl (C=O) groups is 1. The third-order valence-electron chi connectivity index (χ3n) is 2.24. The van der Waals surface area contributed by atoms with Gasteiger partial charge < -0.3 is 30.3 Å². The van der Waals surface area contributed by atoms with Gasteiger partial charge in [-0.15, -0.1) is 0 Å². The van der Waals surface area contributed by atoms with Gasteiger partial charge in [-0.3, -0.25) is 0 Å². The molecule has 0 aromatic heterocycles. The maximum absolute atomic E-state index is 11.3. The van der Waals surface area contributed by atoms with Gasteiger partial charge in [0.15, 0.2) is 6.10 Å². The molecule has 0 aliphatic rings. The predicted molar refractivity (Wildman–Crippen MR) is 65.8 cm³/mol. The first-order chi connectivity index (χ1) is 8.95. The minimum absolute atomic E-state index is 0.810. The third-order valence-corrected chi connectivity index (χ3v) is 2.24. The van der Waals surface area contributed by atoms with E-state index in [0.717, 1.165) is 12.7 Å². The number of aliphatic hydroxyl groups excluding tert-OH is 5. The number of hydrogen-bond acceptors (Lipinski definition) is 7. The van der Waals surface area contributed by atoms with Crippen molar-refractivity contribution >= 4 is 5.97 Å². The maximum atomic E-state index is 11.3. The minimum atomic E-state index is -2.03. The zero-order valence-corrected chi connectivity index (χ0v) is 10.6. The van der Waals surface area contributed by atoms with Crippen LogP contribution in [0, 0.1) is 0 Å². The first kappa shape index (κ1) is 17.8. The molecule has 0 amide bonds. The molecule has 0 aliphatic heterocycles. The SMILES string of the molecule is CC/C=C/C=C/OC(=O)C(O)C(O)C(O)C(O)CO. The van der Waals surface area contributed by atoms with Crippen LogP contribution in [0.5, 0.6) is 0 Å². The highest BCUT2D eigenvalue weighted by atomic mass is 16.5. The Balaban J connectivity index is 4.32. The minimum Gasteiger partial charge on any atom is -0.433 e. The lowest BCUT2D eigenvalue weighted by Gasteiger charge is -2.23. The van der Waals surface area contributed by atoms with E-state index in [1.54, 1.807) is 12.2 Å². The van der Waals surface area contributed by atoms with E-state index in [9.17, 15) is 20.1 Å². The summed E-state index contributed by atoms with van der Waals surface area (Å²) in [6, 6.07) is 0. The van der Waals surface area contributed by atoms with Gasteiger partial charge in [-0.1, -0.05) is 19.1 Å². The molecule has 0 rings (SSSR count). The van der Waals surface area contributed by atoms with Gasteiger partial charge in [-0.05, 0) is 12.5 Å². The van der Waals surface area contributed by atoms with E-state index >= 15 is 0 Å². The van der Waals surface area contributed by atoms with Crippen LogP contribution in [0.4, 0.5) is 0 Å². The lowest BCUT2D eigenvalue weighted by Crippen LogP contribution is -2.48. The molecular formula is C12H20O7. The largest absolute Gasteiger partial charge is 0.433 e. The zero-order chi connectivity index (χ0) is 14.8. The van der Waals surface area contributed by atoms with E-state index in [4.69, 9.17) is 10.2 Å². The Morgan fingerprint density at radius 3 is 2.32 bits per heavy atom. The molecular weight excluding hydrogens is 256 g/mol.